The number of H-pyrrole nitrogens is 1. The van der Waals surface area contributed by atoms with Crippen LogP contribution in [0.25, 0.3) is 0 Å². The Morgan fingerprint density at radius 2 is 1.95 bits per heavy atom. The van der Waals surface area contributed by atoms with Crippen LogP contribution in [0.3, 0.4) is 0 Å². The number of carbonyl (C=O) groups is 1. The van der Waals surface area contributed by atoms with E-state index in [1.807, 2.05) is 38.1 Å². The van der Waals surface area contributed by atoms with E-state index in [9.17, 15) is 4.79 Å². The number of thioether (sulfide) groups is 1. The highest BCUT2D eigenvalue weighted by atomic mass is 32.2. The molecule has 0 unspecified atom stereocenters. The number of methoxy groups -OCH3 is 2. The number of rotatable bonds is 13. The maximum Gasteiger partial charge on any atom is 0.227 e. The number of aromatic amines is 1. The molecule has 1 saturated heterocycles. The van der Waals surface area contributed by atoms with Crippen molar-refractivity contribution in [3.8, 4) is 5.75 Å². The monoisotopic (exact) mass is 582 g/mol. The van der Waals surface area contributed by atoms with Crippen molar-refractivity contribution in [2.45, 2.75) is 44.7 Å². The van der Waals surface area contributed by atoms with Gasteiger partial charge in [0.05, 0.1) is 13.7 Å². The van der Waals surface area contributed by atoms with E-state index in [1.54, 1.807) is 14.2 Å². The Balaban J connectivity index is 1.52. The van der Waals surface area contributed by atoms with Crippen LogP contribution < -0.4 is 20.3 Å². The summed E-state index contributed by atoms with van der Waals surface area (Å²) in [6.07, 6.45) is 9.81. The van der Waals surface area contributed by atoms with Gasteiger partial charge in [-0.3, -0.25) is 14.8 Å². The van der Waals surface area contributed by atoms with E-state index >= 15 is 0 Å². The van der Waals surface area contributed by atoms with E-state index in [0.717, 1.165) is 80.5 Å². The zero-order valence-electron chi connectivity index (χ0n) is 24.5. The Bertz CT molecular complexity index is 1250. The van der Waals surface area contributed by atoms with Crippen LogP contribution >= 0.6 is 11.8 Å². The van der Waals surface area contributed by atoms with Gasteiger partial charge in [-0.05, 0) is 38.8 Å². The molecular weight excluding hydrogens is 540 g/mol. The summed E-state index contributed by atoms with van der Waals surface area (Å²) in [5.41, 5.74) is 1.68. The molecule has 0 atom stereocenters. The zero-order chi connectivity index (χ0) is 29.2. The first-order valence-corrected chi connectivity index (χ1v) is 14.9. The summed E-state index contributed by atoms with van der Waals surface area (Å²) in [6, 6.07) is 1.91. The number of aryl methyl sites for hydroxylation is 1. The highest BCUT2D eigenvalue weighted by Gasteiger charge is 2.26. The van der Waals surface area contributed by atoms with Crippen LogP contribution in [-0.4, -0.2) is 84.5 Å². The summed E-state index contributed by atoms with van der Waals surface area (Å²) in [6.45, 7) is 13.1. The topological polar surface area (TPSA) is 121 Å². The van der Waals surface area contributed by atoms with Gasteiger partial charge in [0, 0.05) is 68.1 Å². The second kappa shape index (κ2) is 15.0. The van der Waals surface area contributed by atoms with Crippen molar-refractivity contribution in [1.29, 1.82) is 0 Å². The molecule has 2 aromatic heterocycles. The first kappa shape index (κ1) is 30.6. The van der Waals surface area contributed by atoms with E-state index in [0.29, 0.717) is 29.1 Å². The Morgan fingerprint density at radius 3 is 2.59 bits per heavy atom. The molecular formula is C29H42N8O3S. The van der Waals surface area contributed by atoms with Crippen molar-refractivity contribution in [2.75, 3.05) is 63.8 Å². The summed E-state index contributed by atoms with van der Waals surface area (Å²) in [7, 11) is 3.36. The molecule has 11 nitrogen and oxygen atoms in total. The van der Waals surface area contributed by atoms with E-state index in [-0.39, 0.29) is 11.8 Å². The summed E-state index contributed by atoms with van der Waals surface area (Å²) in [4.78, 5) is 27.6. The Labute approximate surface area is 246 Å². The van der Waals surface area contributed by atoms with Crippen LogP contribution in [0.1, 0.15) is 38.3 Å². The molecule has 1 amide bonds. The summed E-state index contributed by atoms with van der Waals surface area (Å²) in [5, 5.41) is 14.1. The third-order valence-corrected chi connectivity index (χ3v) is 8.01. The minimum absolute atomic E-state index is 0.0910. The van der Waals surface area contributed by atoms with Gasteiger partial charge in [-0.1, -0.05) is 37.3 Å². The zero-order valence-corrected chi connectivity index (χ0v) is 25.4. The number of nitrogens with zero attached hydrogens (tertiary/aromatic N) is 5. The average Bonchev–Trinajstić information content (AvgIpc) is 3.66. The van der Waals surface area contributed by atoms with Gasteiger partial charge in [-0.2, -0.15) is 5.10 Å². The van der Waals surface area contributed by atoms with E-state index in [2.05, 4.69) is 37.2 Å². The molecule has 12 heteroatoms. The molecule has 2 fully saturated rings. The molecule has 222 valence electrons. The number of amides is 1. The Hall–Kier alpha value is -3.35. The smallest absolute Gasteiger partial charge is 0.227 e. The second-order valence-electron chi connectivity index (χ2n) is 10.2. The van der Waals surface area contributed by atoms with Crippen molar-refractivity contribution >= 4 is 35.1 Å². The molecule has 0 bridgehead atoms. The molecule has 1 saturated carbocycles. The lowest BCUT2D eigenvalue weighted by molar-refractivity contribution is -0.124. The first-order valence-electron chi connectivity index (χ1n) is 14.1. The summed E-state index contributed by atoms with van der Waals surface area (Å²) >= 11 is 1.36. The predicted molar refractivity (Wildman–Crippen MR) is 164 cm³/mol. The number of nitrogens with one attached hydrogen (secondary N) is 3. The SMILES string of the molecule is C=C(/C=C\C(=C/C)NC(=O)C1CCCC1)Sc1nc(Nc2cc(C)[nH]n2)c(OC)c(N2CCN(CCOC)CC2)n1. The molecule has 41 heavy (non-hydrogen) atoms. The normalized spacial score (nSPS) is 16.9. The van der Waals surface area contributed by atoms with Crippen molar-refractivity contribution in [3.05, 3.63) is 47.2 Å². The lowest BCUT2D eigenvalue weighted by atomic mass is 10.1. The molecule has 4 rings (SSSR count). The van der Waals surface area contributed by atoms with Crippen LogP contribution in [-0.2, 0) is 9.53 Å². The fraction of sp³-hybridized carbons (Fsp3) is 0.517. The first-order chi connectivity index (χ1) is 19.9. The fourth-order valence-electron chi connectivity index (χ4n) is 4.93. The second-order valence-corrected chi connectivity index (χ2v) is 11.3. The lowest BCUT2D eigenvalue weighted by Crippen LogP contribution is -2.47. The van der Waals surface area contributed by atoms with Crippen molar-refractivity contribution in [1.82, 2.24) is 30.4 Å². The van der Waals surface area contributed by atoms with Gasteiger partial charge in [0.15, 0.2) is 22.6 Å². The van der Waals surface area contributed by atoms with Crippen LogP contribution in [0.2, 0.25) is 0 Å². The molecule has 2 aromatic rings. The number of ether oxygens (including phenoxy) is 2. The number of aromatic nitrogens is 4. The van der Waals surface area contributed by atoms with Crippen LogP contribution in [0.4, 0.5) is 17.5 Å². The standard InChI is InChI=1S/C29H42N8O3S/c1-6-23(30-28(38)22-9-7-8-10-22)12-11-21(3)41-29-32-26(31-24-19-20(2)34-35-24)25(40-5)27(33-29)37-15-13-36(14-16-37)17-18-39-4/h6,11-12,19,22H,3,7-10,13-18H2,1-2,4-5H3,(H,30,38)(H2,31,32,33,34,35)/b12-11-,23-6+. The quantitative estimate of drug-likeness (QED) is 0.178. The highest BCUT2D eigenvalue weighted by Crippen LogP contribution is 2.38. The van der Waals surface area contributed by atoms with Crippen molar-refractivity contribution < 1.29 is 14.3 Å². The van der Waals surface area contributed by atoms with Gasteiger partial charge < -0.3 is 25.0 Å². The van der Waals surface area contributed by atoms with Crippen LogP contribution in [0.5, 0.6) is 5.75 Å². The van der Waals surface area contributed by atoms with Gasteiger partial charge in [0.2, 0.25) is 11.7 Å². The number of anilines is 3. The molecule has 0 spiro atoms. The predicted octanol–water partition coefficient (Wildman–Crippen LogP) is 4.40. The number of hydrogen-bond acceptors (Lipinski definition) is 10. The van der Waals surface area contributed by atoms with Crippen LogP contribution in [0.15, 0.2) is 46.6 Å². The largest absolute Gasteiger partial charge is 0.490 e. The van der Waals surface area contributed by atoms with Gasteiger partial charge in [0.25, 0.3) is 0 Å². The van der Waals surface area contributed by atoms with Gasteiger partial charge in [-0.25, -0.2) is 9.97 Å². The molecule has 2 aliphatic rings. The molecule has 0 aromatic carbocycles. The minimum Gasteiger partial charge on any atom is -0.490 e. The maximum absolute atomic E-state index is 12.6. The summed E-state index contributed by atoms with van der Waals surface area (Å²) < 4.78 is 11.1. The van der Waals surface area contributed by atoms with Crippen molar-refractivity contribution in [2.24, 2.45) is 5.92 Å². The molecule has 3 heterocycles. The maximum atomic E-state index is 12.6. The average molecular weight is 583 g/mol. The van der Waals surface area contributed by atoms with E-state index < -0.39 is 0 Å². The number of hydrogen-bond donors (Lipinski definition) is 3. The van der Waals surface area contributed by atoms with Gasteiger partial charge >= 0.3 is 0 Å². The molecule has 3 N–H and O–H groups in total. The van der Waals surface area contributed by atoms with Crippen molar-refractivity contribution in [3.63, 3.8) is 0 Å². The molecule has 1 aliphatic carbocycles. The fourth-order valence-corrected chi connectivity index (χ4v) is 5.57. The summed E-state index contributed by atoms with van der Waals surface area (Å²) in [5.74, 6) is 2.65. The molecule has 1 aliphatic heterocycles. The highest BCUT2D eigenvalue weighted by molar-refractivity contribution is 8.03. The Kier molecular flexibility index (Phi) is 11.2. The van der Waals surface area contributed by atoms with Crippen LogP contribution in [0, 0.1) is 12.8 Å². The third-order valence-electron chi connectivity index (χ3n) is 7.24. The number of allylic oxidation sites excluding steroid dienone is 3. The molecule has 0 radical (unpaired) electrons. The third kappa shape index (κ3) is 8.57. The van der Waals surface area contributed by atoms with E-state index in [4.69, 9.17) is 19.4 Å². The van der Waals surface area contributed by atoms with Gasteiger partial charge in [-0.15, -0.1) is 0 Å². The minimum atomic E-state index is 0.0910. The van der Waals surface area contributed by atoms with E-state index in [1.165, 1.54) is 11.8 Å². The Morgan fingerprint density at radius 1 is 1.20 bits per heavy atom. The van der Waals surface area contributed by atoms with Gasteiger partial charge in [0.1, 0.15) is 0 Å². The number of carbonyl (C=O) groups excluding carboxylic acids is 1. The lowest BCUT2D eigenvalue weighted by Gasteiger charge is -2.36. The number of piperazine rings is 1.